The first-order valence-corrected chi connectivity index (χ1v) is 6.28. The van der Waals surface area contributed by atoms with Crippen molar-refractivity contribution in [2.24, 2.45) is 0 Å². The molecule has 1 heterocycles. The number of fused-ring (bicyclic) bond motifs is 1. The number of hydrogen-bond donors (Lipinski definition) is 1. The minimum atomic E-state index is 0.0571. The van der Waals surface area contributed by atoms with Crippen molar-refractivity contribution in [1.82, 2.24) is 15.5 Å². The quantitative estimate of drug-likeness (QED) is 0.779. The second kappa shape index (κ2) is 4.82. The largest absolute Gasteiger partial charge is 0.337 e. The number of benzene rings is 2. The minimum Gasteiger partial charge on any atom is -0.337 e. The van der Waals surface area contributed by atoms with Gasteiger partial charge in [0.2, 0.25) is 11.7 Å². The highest BCUT2D eigenvalue weighted by atomic mass is 16.5. The fraction of sp³-hybridized carbons (Fsp3) is 0.200. The van der Waals surface area contributed by atoms with Crippen molar-refractivity contribution in [2.75, 3.05) is 7.05 Å². The number of aromatic nitrogens is 2. The van der Waals surface area contributed by atoms with E-state index in [1.165, 1.54) is 10.8 Å². The van der Waals surface area contributed by atoms with E-state index in [1.807, 2.05) is 32.2 Å². The summed E-state index contributed by atoms with van der Waals surface area (Å²) in [5, 5.41) is 9.50. The summed E-state index contributed by atoms with van der Waals surface area (Å²) in [7, 11) is 1.87. The predicted octanol–water partition coefficient (Wildman–Crippen LogP) is 3.17. The predicted molar refractivity (Wildman–Crippen MR) is 74.7 cm³/mol. The highest BCUT2D eigenvalue weighted by Gasteiger charge is 2.13. The van der Waals surface area contributed by atoms with Gasteiger partial charge in [0.1, 0.15) is 0 Å². The fourth-order valence-electron chi connectivity index (χ4n) is 1.98. The molecule has 0 saturated carbocycles. The van der Waals surface area contributed by atoms with Crippen LogP contribution in [0.3, 0.4) is 0 Å². The third kappa shape index (κ3) is 2.22. The molecule has 2 aromatic carbocycles. The van der Waals surface area contributed by atoms with Crippen LogP contribution in [0.5, 0.6) is 0 Å². The molecule has 4 nitrogen and oxygen atoms in total. The Morgan fingerprint density at radius 1 is 1.11 bits per heavy atom. The summed E-state index contributed by atoms with van der Waals surface area (Å²) in [5.74, 6) is 1.23. The summed E-state index contributed by atoms with van der Waals surface area (Å²) in [6.07, 6.45) is 0. The van der Waals surface area contributed by atoms with E-state index in [-0.39, 0.29) is 6.04 Å². The van der Waals surface area contributed by atoms with Gasteiger partial charge in [0.15, 0.2) is 0 Å². The van der Waals surface area contributed by atoms with Gasteiger partial charge < -0.3 is 9.84 Å². The topological polar surface area (TPSA) is 51.0 Å². The maximum Gasteiger partial charge on any atom is 0.243 e. The Labute approximate surface area is 111 Å². The summed E-state index contributed by atoms with van der Waals surface area (Å²) in [6.45, 7) is 1.98. The second-order valence-corrected chi connectivity index (χ2v) is 4.53. The maximum atomic E-state index is 5.26. The van der Waals surface area contributed by atoms with Gasteiger partial charge in [-0.15, -0.1) is 0 Å². The number of nitrogens with one attached hydrogen (secondary N) is 1. The molecule has 0 bridgehead atoms. The fourth-order valence-corrected chi connectivity index (χ4v) is 1.98. The van der Waals surface area contributed by atoms with Crippen LogP contribution in [-0.4, -0.2) is 17.2 Å². The van der Waals surface area contributed by atoms with Gasteiger partial charge in [-0.2, -0.15) is 4.98 Å². The Balaban J connectivity index is 2.01. The van der Waals surface area contributed by atoms with Crippen LogP contribution in [0.15, 0.2) is 47.0 Å². The van der Waals surface area contributed by atoms with E-state index in [2.05, 4.69) is 39.7 Å². The molecule has 0 spiro atoms. The van der Waals surface area contributed by atoms with Crippen LogP contribution in [0.2, 0.25) is 0 Å². The summed E-state index contributed by atoms with van der Waals surface area (Å²) in [4.78, 5) is 4.42. The van der Waals surface area contributed by atoms with E-state index in [9.17, 15) is 0 Å². The van der Waals surface area contributed by atoms with Gasteiger partial charge in [0, 0.05) is 5.56 Å². The molecule has 0 saturated heterocycles. The van der Waals surface area contributed by atoms with Crippen LogP contribution < -0.4 is 5.32 Å². The average molecular weight is 253 g/mol. The molecule has 1 unspecified atom stereocenters. The standard InChI is InChI=1S/C15H15N3O/c1-10(16-2)15-17-14(18-19-15)13-8-7-11-5-3-4-6-12(11)9-13/h3-10,16H,1-2H3. The van der Waals surface area contributed by atoms with Crippen LogP contribution in [-0.2, 0) is 0 Å². The van der Waals surface area contributed by atoms with Gasteiger partial charge in [0.05, 0.1) is 6.04 Å². The number of rotatable bonds is 3. The first kappa shape index (κ1) is 11.9. The Morgan fingerprint density at radius 2 is 1.89 bits per heavy atom. The van der Waals surface area contributed by atoms with Crippen molar-refractivity contribution in [3.05, 3.63) is 48.4 Å². The van der Waals surface area contributed by atoms with Crippen molar-refractivity contribution < 1.29 is 4.52 Å². The molecule has 3 rings (SSSR count). The van der Waals surface area contributed by atoms with Gasteiger partial charge in [-0.3, -0.25) is 0 Å². The molecular formula is C15H15N3O. The molecule has 1 atom stereocenters. The van der Waals surface area contributed by atoms with E-state index in [0.29, 0.717) is 11.7 Å². The van der Waals surface area contributed by atoms with Gasteiger partial charge in [-0.1, -0.05) is 41.6 Å². The molecule has 3 aromatic rings. The lowest BCUT2D eigenvalue weighted by Gasteiger charge is -2.01. The summed E-state index contributed by atoms with van der Waals surface area (Å²) < 4.78 is 5.26. The molecule has 0 fully saturated rings. The zero-order chi connectivity index (χ0) is 13.2. The lowest BCUT2D eigenvalue weighted by atomic mass is 10.1. The molecule has 0 aliphatic rings. The van der Waals surface area contributed by atoms with Crippen LogP contribution in [0.1, 0.15) is 18.9 Å². The zero-order valence-corrected chi connectivity index (χ0v) is 10.9. The molecule has 0 radical (unpaired) electrons. The van der Waals surface area contributed by atoms with Crippen LogP contribution >= 0.6 is 0 Å². The third-order valence-corrected chi connectivity index (χ3v) is 3.25. The van der Waals surface area contributed by atoms with E-state index in [0.717, 1.165) is 5.56 Å². The van der Waals surface area contributed by atoms with Crippen molar-refractivity contribution in [3.63, 3.8) is 0 Å². The minimum absolute atomic E-state index is 0.0571. The van der Waals surface area contributed by atoms with E-state index >= 15 is 0 Å². The molecule has 4 heteroatoms. The average Bonchev–Trinajstić information content (AvgIpc) is 2.95. The van der Waals surface area contributed by atoms with Crippen LogP contribution in [0.25, 0.3) is 22.2 Å². The highest BCUT2D eigenvalue weighted by Crippen LogP contribution is 2.23. The molecule has 1 aromatic heterocycles. The van der Waals surface area contributed by atoms with Crippen molar-refractivity contribution in [3.8, 4) is 11.4 Å². The Hall–Kier alpha value is -2.20. The van der Waals surface area contributed by atoms with E-state index in [4.69, 9.17) is 4.52 Å². The van der Waals surface area contributed by atoms with Gasteiger partial charge >= 0.3 is 0 Å². The Morgan fingerprint density at radius 3 is 2.68 bits per heavy atom. The first-order valence-electron chi connectivity index (χ1n) is 6.28. The van der Waals surface area contributed by atoms with Gasteiger partial charge in [0.25, 0.3) is 0 Å². The van der Waals surface area contributed by atoms with Crippen LogP contribution in [0, 0.1) is 0 Å². The summed E-state index contributed by atoms with van der Waals surface area (Å²) in [5.41, 5.74) is 0.969. The molecule has 19 heavy (non-hydrogen) atoms. The number of nitrogens with zero attached hydrogens (tertiary/aromatic N) is 2. The molecule has 0 aliphatic heterocycles. The molecule has 1 N–H and O–H groups in total. The Bertz CT molecular complexity index is 705. The van der Waals surface area contributed by atoms with Crippen LogP contribution in [0.4, 0.5) is 0 Å². The normalized spacial score (nSPS) is 12.7. The van der Waals surface area contributed by atoms with Gasteiger partial charge in [-0.25, -0.2) is 0 Å². The zero-order valence-electron chi connectivity index (χ0n) is 10.9. The lowest BCUT2D eigenvalue weighted by molar-refractivity contribution is 0.347. The summed E-state index contributed by atoms with van der Waals surface area (Å²) in [6, 6.07) is 14.4. The second-order valence-electron chi connectivity index (χ2n) is 4.53. The lowest BCUT2D eigenvalue weighted by Crippen LogP contribution is -2.12. The highest BCUT2D eigenvalue weighted by molar-refractivity contribution is 5.86. The molecule has 0 amide bonds. The van der Waals surface area contributed by atoms with Crippen molar-refractivity contribution in [1.29, 1.82) is 0 Å². The molecule has 0 aliphatic carbocycles. The van der Waals surface area contributed by atoms with Crippen molar-refractivity contribution >= 4 is 10.8 Å². The SMILES string of the molecule is CNC(C)c1nc(-c2ccc3ccccc3c2)no1. The monoisotopic (exact) mass is 253 g/mol. The van der Waals surface area contributed by atoms with Crippen molar-refractivity contribution in [2.45, 2.75) is 13.0 Å². The number of hydrogen-bond acceptors (Lipinski definition) is 4. The van der Waals surface area contributed by atoms with Gasteiger partial charge in [-0.05, 0) is 30.8 Å². The third-order valence-electron chi connectivity index (χ3n) is 3.25. The molecule has 96 valence electrons. The van der Waals surface area contributed by atoms with E-state index < -0.39 is 0 Å². The summed E-state index contributed by atoms with van der Waals surface area (Å²) >= 11 is 0. The van der Waals surface area contributed by atoms with E-state index in [1.54, 1.807) is 0 Å². The maximum absolute atomic E-state index is 5.26. The Kier molecular flexibility index (Phi) is 3.01. The smallest absolute Gasteiger partial charge is 0.243 e. The first-order chi connectivity index (χ1) is 9.28. The molecular weight excluding hydrogens is 238 g/mol.